The second kappa shape index (κ2) is 10.1. The van der Waals surface area contributed by atoms with Gasteiger partial charge in [-0.2, -0.15) is 5.26 Å². The molecule has 1 aliphatic rings. The Morgan fingerprint density at radius 2 is 2.06 bits per heavy atom. The third-order valence-corrected chi connectivity index (χ3v) is 5.33. The lowest BCUT2D eigenvalue weighted by molar-refractivity contribution is 0.305. The minimum Gasteiger partial charge on any atom is -0.507 e. The smallest absolute Gasteiger partial charge is 0.142 e. The number of nitriles is 1. The second-order valence-electron chi connectivity index (χ2n) is 7.31. The zero-order valence-corrected chi connectivity index (χ0v) is 17.7. The van der Waals surface area contributed by atoms with Crippen LogP contribution in [-0.2, 0) is 6.61 Å². The highest BCUT2D eigenvalue weighted by molar-refractivity contribution is 5.85. The summed E-state index contributed by atoms with van der Waals surface area (Å²) in [4.78, 5) is 8.44. The highest BCUT2D eigenvalue weighted by Crippen LogP contribution is 2.40. The number of rotatable bonds is 5. The van der Waals surface area contributed by atoms with Gasteiger partial charge in [-0.3, -0.25) is 4.98 Å². The van der Waals surface area contributed by atoms with Crippen molar-refractivity contribution in [2.45, 2.75) is 25.4 Å². The molecule has 0 amide bonds. The third-order valence-electron chi connectivity index (χ3n) is 5.33. The van der Waals surface area contributed by atoms with Gasteiger partial charge in [0.15, 0.2) is 0 Å². The summed E-state index contributed by atoms with van der Waals surface area (Å²) in [5.74, 6) is 0.881. The number of pyridine rings is 2. The molecular weight excluding hydrogens is 414 g/mol. The van der Waals surface area contributed by atoms with Crippen LogP contribution in [0.2, 0.25) is 0 Å². The van der Waals surface area contributed by atoms with Crippen LogP contribution < -0.4 is 15.8 Å². The number of nitrogen functional groups attached to an aromatic ring is 1. The molecule has 1 aromatic carbocycles. The summed E-state index contributed by atoms with van der Waals surface area (Å²) in [7, 11) is 0. The molecular formula is C23H24ClN5O2. The molecule has 1 fully saturated rings. The number of nitrogens with zero attached hydrogens (tertiary/aromatic N) is 3. The molecule has 2 aromatic heterocycles. The van der Waals surface area contributed by atoms with Crippen LogP contribution in [0.3, 0.4) is 0 Å². The van der Waals surface area contributed by atoms with Gasteiger partial charge >= 0.3 is 0 Å². The predicted octanol–water partition coefficient (Wildman–Crippen LogP) is 3.77. The highest BCUT2D eigenvalue weighted by Gasteiger charge is 2.23. The van der Waals surface area contributed by atoms with Crippen LogP contribution in [0.1, 0.15) is 35.4 Å². The average molecular weight is 438 g/mol. The monoisotopic (exact) mass is 437 g/mol. The van der Waals surface area contributed by atoms with Crippen molar-refractivity contribution in [2.24, 2.45) is 0 Å². The number of aromatic nitrogens is 2. The number of ether oxygens (including phenoxy) is 1. The summed E-state index contributed by atoms with van der Waals surface area (Å²) >= 11 is 0. The van der Waals surface area contributed by atoms with E-state index in [1.165, 1.54) is 0 Å². The molecule has 1 atom stereocenters. The van der Waals surface area contributed by atoms with Crippen molar-refractivity contribution in [3.63, 3.8) is 0 Å². The quantitative estimate of drug-likeness (QED) is 0.556. The molecule has 4 N–H and O–H groups in total. The van der Waals surface area contributed by atoms with Crippen molar-refractivity contribution in [1.82, 2.24) is 15.3 Å². The fourth-order valence-corrected chi connectivity index (χ4v) is 3.81. The summed E-state index contributed by atoms with van der Waals surface area (Å²) < 4.78 is 5.99. The zero-order valence-electron chi connectivity index (χ0n) is 16.9. The van der Waals surface area contributed by atoms with E-state index in [2.05, 4.69) is 21.4 Å². The largest absolute Gasteiger partial charge is 0.507 e. The Kier molecular flexibility index (Phi) is 7.29. The molecule has 0 aliphatic carbocycles. The molecule has 31 heavy (non-hydrogen) atoms. The number of hydrogen-bond acceptors (Lipinski definition) is 7. The van der Waals surface area contributed by atoms with Crippen LogP contribution in [0, 0.1) is 11.3 Å². The maximum atomic E-state index is 10.6. The first-order chi connectivity index (χ1) is 14.7. The molecule has 1 unspecified atom stereocenters. The Labute approximate surface area is 187 Å². The van der Waals surface area contributed by atoms with Gasteiger partial charge in [-0.15, -0.1) is 12.4 Å². The van der Waals surface area contributed by atoms with Crippen LogP contribution in [0.4, 0.5) is 5.82 Å². The van der Waals surface area contributed by atoms with Crippen LogP contribution in [0.5, 0.6) is 11.5 Å². The van der Waals surface area contributed by atoms with E-state index in [4.69, 9.17) is 10.5 Å². The molecule has 0 radical (unpaired) electrons. The van der Waals surface area contributed by atoms with E-state index in [1.54, 1.807) is 30.6 Å². The predicted molar refractivity (Wildman–Crippen MR) is 121 cm³/mol. The summed E-state index contributed by atoms with van der Waals surface area (Å²) in [6.07, 6.45) is 5.41. The Hall–Kier alpha value is -3.34. The number of aromatic hydroxyl groups is 1. The summed E-state index contributed by atoms with van der Waals surface area (Å²) in [5.41, 5.74) is 9.34. The van der Waals surface area contributed by atoms with E-state index in [1.807, 2.05) is 18.2 Å². The third kappa shape index (κ3) is 4.88. The van der Waals surface area contributed by atoms with Crippen LogP contribution in [-0.4, -0.2) is 28.2 Å². The lowest BCUT2D eigenvalue weighted by Gasteiger charge is -2.25. The molecule has 0 saturated carbocycles. The lowest BCUT2D eigenvalue weighted by Crippen LogP contribution is -2.29. The maximum absolute atomic E-state index is 10.6. The molecule has 3 aromatic rings. The number of phenols is 1. The van der Waals surface area contributed by atoms with Gasteiger partial charge in [-0.25, -0.2) is 4.98 Å². The van der Waals surface area contributed by atoms with Gasteiger partial charge < -0.3 is 20.9 Å². The normalized spacial score (nSPS) is 15.5. The van der Waals surface area contributed by atoms with Crippen LogP contribution in [0.15, 0.2) is 48.8 Å². The number of benzene rings is 1. The highest BCUT2D eigenvalue weighted by atomic mass is 35.5. The first kappa shape index (κ1) is 22.3. The SMILES string of the molecule is Cl.N#Cc1c(C2CCCNC2)cc(-c2c(O)cccc2OCc2ccncc2)nc1N. The number of hydrogen-bond donors (Lipinski definition) is 3. The molecule has 4 rings (SSSR count). The first-order valence-electron chi connectivity index (χ1n) is 9.92. The molecule has 7 nitrogen and oxygen atoms in total. The topological polar surface area (TPSA) is 117 Å². The number of nitrogens with two attached hydrogens (primary N) is 1. The van der Waals surface area contributed by atoms with Crippen LogP contribution >= 0.6 is 12.4 Å². The average Bonchev–Trinajstić information content (AvgIpc) is 2.78. The van der Waals surface area contributed by atoms with Gasteiger partial charge in [0.25, 0.3) is 0 Å². The van der Waals surface area contributed by atoms with E-state index in [0.717, 1.165) is 37.1 Å². The second-order valence-corrected chi connectivity index (χ2v) is 7.31. The number of piperidine rings is 1. The molecule has 1 aliphatic heterocycles. The first-order valence-corrected chi connectivity index (χ1v) is 9.92. The van der Waals surface area contributed by atoms with Crippen molar-refractivity contribution in [2.75, 3.05) is 18.8 Å². The number of phenolic OH excluding ortho intramolecular Hbond substituents is 1. The van der Waals surface area contributed by atoms with E-state index in [9.17, 15) is 10.4 Å². The summed E-state index contributed by atoms with van der Waals surface area (Å²) in [5, 5.41) is 23.6. The Morgan fingerprint density at radius 1 is 1.26 bits per heavy atom. The van der Waals surface area contributed by atoms with E-state index in [-0.39, 0.29) is 29.9 Å². The van der Waals surface area contributed by atoms with Crippen molar-refractivity contribution >= 4 is 18.2 Å². The number of anilines is 1. The Bertz CT molecular complexity index is 1080. The summed E-state index contributed by atoms with van der Waals surface area (Å²) in [6.45, 7) is 2.08. The van der Waals surface area contributed by atoms with Gasteiger partial charge in [-0.05, 0) is 66.8 Å². The standard InChI is InChI=1S/C23H23N5O2.ClH/c24-12-18-17(16-3-2-8-27-13-16)11-19(28-23(18)25)22-20(29)4-1-5-21(22)30-14-15-6-9-26-10-7-15;/h1,4-7,9-11,16,27,29H,2-3,8,13-14H2,(H2,25,28);1H. The van der Waals surface area contributed by atoms with E-state index < -0.39 is 0 Å². The fraction of sp³-hybridized carbons (Fsp3) is 0.261. The maximum Gasteiger partial charge on any atom is 0.142 e. The fourth-order valence-electron chi connectivity index (χ4n) is 3.81. The molecule has 0 spiro atoms. The molecule has 0 bridgehead atoms. The van der Waals surface area contributed by atoms with Crippen molar-refractivity contribution in [1.29, 1.82) is 5.26 Å². The summed E-state index contributed by atoms with van der Waals surface area (Å²) in [6, 6.07) is 12.9. The van der Waals surface area contributed by atoms with Gasteiger partial charge in [0, 0.05) is 18.9 Å². The van der Waals surface area contributed by atoms with Crippen molar-refractivity contribution in [3.05, 3.63) is 65.5 Å². The van der Waals surface area contributed by atoms with Gasteiger partial charge in [0.05, 0.1) is 16.8 Å². The van der Waals surface area contributed by atoms with Crippen molar-refractivity contribution < 1.29 is 9.84 Å². The lowest BCUT2D eigenvalue weighted by atomic mass is 9.88. The minimum absolute atomic E-state index is 0. The van der Waals surface area contributed by atoms with Gasteiger partial charge in [0.2, 0.25) is 0 Å². The molecule has 3 heterocycles. The molecule has 8 heteroatoms. The Balaban J connectivity index is 0.00000272. The number of nitrogens with one attached hydrogen (secondary N) is 1. The van der Waals surface area contributed by atoms with Gasteiger partial charge in [0.1, 0.15) is 30.0 Å². The van der Waals surface area contributed by atoms with E-state index >= 15 is 0 Å². The Morgan fingerprint density at radius 3 is 2.77 bits per heavy atom. The van der Waals surface area contributed by atoms with Crippen LogP contribution in [0.25, 0.3) is 11.3 Å². The zero-order chi connectivity index (χ0) is 20.9. The van der Waals surface area contributed by atoms with Crippen molar-refractivity contribution in [3.8, 4) is 28.8 Å². The number of halogens is 1. The van der Waals surface area contributed by atoms with Gasteiger partial charge in [-0.1, -0.05) is 6.07 Å². The molecule has 1 saturated heterocycles. The minimum atomic E-state index is 0. The van der Waals surface area contributed by atoms with E-state index in [0.29, 0.717) is 29.2 Å². The molecule has 160 valence electrons.